The number of aromatic nitrogens is 1. The van der Waals surface area contributed by atoms with Gasteiger partial charge in [0.1, 0.15) is 10.6 Å². The molecule has 2 rings (SSSR count). The molecule has 110 valence electrons. The van der Waals surface area contributed by atoms with Gasteiger partial charge in [0.2, 0.25) is 0 Å². The quantitative estimate of drug-likeness (QED) is 0.848. The van der Waals surface area contributed by atoms with E-state index in [2.05, 4.69) is 4.37 Å². The molecule has 0 aliphatic heterocycles. The van der Waals surface area contributed by atoms with E-state index < -0.39 is 5.97 Å². The number of benzene rings is 1. The second kappa shape index (κ2) is 5.53. The summed E-state index contributed by atoms with van der Waals surface area (Å²) in [5, 5.41) is 9.54. The minimum absolute atomic E-state index is 0.0518. The molecule has 0 saturated carbocycles. The Morgan fingerprint density at radius 2 is 2.00 bits per heavy atom. The number of carbonyl (C=O) groups excluding carboxylic acids is 1. The molecule has 21 heavy (non-hydrogen) atoms. The van der Waals surface area contributed by atoms with Gasteiger partial charge >= 0.3 is 5.97 Å². The predicted molar refractivity (Wildman–Crippen MR) is 82.1 cm³/mol. The smallest absolute Gasteiger partial charge is 0.340 e. The van der Waals surface area contributed by atoms with Crippen molar-refractivity contribution in [3.8, 4) is 0 Å². The molecule has 0 atom stereocenters. The standard InChI is InChI=1S/C14H15N3O3S/c1-7-4-5-9(6-10(7)15)12(18)17(3)13-11(14(19)20)8(2)16-21-13/h4-6H,15H2,1-3H3,(H,19,20). The summed E-state index contributed by atoms with van der Waals surface area (Å²) >= 11 is 0.986. The van der Waals surface area contributed by atoms with Gasteiger partial charge in [0.15, 0.2) is 0 Å². The number of nitrogens with zero attached hydrogens (tertiary/aromatic N) is 2. The number of hydrogen-bond acceptors (Lipinski definition) is 5. The van der Waals surface area contributed by atoms with E-state index in [1.54, 1.807) is 25.1 Å². The lowest BCUT2D eigenvalue weighted by Gasteiger charge is -2.16. The summed E-state index contributed by atoms with van der Waals surface area (Å²) in [7, 11) is 1.53. The van der Waals surface area contributed by atoms with Crippen LogP contribution in [0, 0.1) is 13.8 Å². The number of aryl methyl sites for hydroxylation is 2. The van der Waals surface area contributed by atoms with Crippen molar-refractivity contribution in [3.63, 3.8) is 0 Å². The Bertz CT molecular complexity index is 724. The van der Waals surface area contributed by atoms with E-state index in [1.807, 2.05) is 6.92 Å². The van der Waals surface area contributed by atoms with Crippen molar-refractivity contribution in [2.24, 2.45) is 0 Å². The van der Waals surface area contributed by atoms with Crippen LogP contribution in [-0.2, 0) is 0 Å². The summed E-state index contributed by atoms with van der Waals surface area (Å²) in [6.45, 7) is 3.45. The van der Waals surface area contributed by atoms with Crippen LogP contribution in [0.2, 0.25) is 0 Å². The lowest BCUT2D eigenvalue weighted by Crippen LogP contribution is -2.27. The maximum absolute atomic E-state index is 12.4. The molecular formula is C14H15N3O3S. The fourth-order valence-corrected chi connectivity index (χ4v) is 2.74. The van der Waals surface area contributed by atoms with Gasteiger partial charge in [-0.15, -0.1) is 0 Å². The van der Waals surface area contributed by atoms with Crippen molar-refractivity contribution in [2.45, 2.75) is 13.8 Å². The van der Waals surface area contributed by atoms with E-state index in [9.17, 15) is 14.7 Å². The van der Waals surface area contributed by atoms with Gasteiger partial charge in [-0.2, -0.15) is 4.37 Å². The van der Waals surface area contributed by atoms with Crippen molar-refractivity contribution in [2.75, 3.05) is 17.7 Å². The molecule has 1 amide bonds. The van der Waals surface area contributed by atoms with E-state index in [0.29, 0.717) is 21.9 Å². The second-order valence-corrected chi connectivity index (χ2v) is 5.44. The third-order valence-electron chi connectivity index (χ3n) is 3.19. The summed E-state index contributed by atoms with van der Waals surface area (Å²) in [6.07, 6.45) is 0. The van der Waals surface area contributed by atoms with E-state index >= 15 is 0 Å². The first-order chi connectivity index (χ1) is 9.82. The van der Waals surface area contributed by atoms with Crippen LogP contribution in [0.1, 0.15) is 32.0 Å². The number of nitrogens with two attached hydrogens (primary N) is 1. The van der Waals surface area contributed by atoms with Crippen molar-refractivity contribution < 1.29 is 14.7 Å². The molecule has 0 radical (unpaired) electrons. The Hall–Kier alpha value is -2.41. The molecule has 1 heterocycles. The number of carbonyl (C=O) groups is 2. The van der Waals surface area contributed by atoms with Gasteiger partial charge in [0.05, 0.1) is 5.69 Å². The third kappa shape index (κ3) is 2.73. The Labute approximate surface area is 126 Å². The minimum atomic E-state index is -1.10. The summed E-state index contributed by atoms with van der Waals surface area (Å²) < 4.78 is 4.01. The van der Waals surface area contributed by atoms with Crippen LogP contribution in [0.25, 0.3) is 0 Å². The highest BCUT2D eigenvalue weighted by Crippen LogP contribution is 2.29. The van der Waals surface area contributed by atoms with Gasteiger partial charge in [-0.1, -0.05) is 6.07 Å². The Morgan fingerprint density at radius 3 is 2.57 bits per heavy atom. The Kier molecular flexibility index (Phi) is 3.95. The van der Waals surface area contributed by atoms with Crippen LogP contribution >= 0.6 is 11.5 Å². The molecule has 0 bridgehead atoms. The highest BCUT2D eigenvalue weighted by molar-refractivity contribution is 7.11. The SMILES string of the molecule is Cc1ccc(C(=O)N(C)c2snc(C)c2C(=O)O)cc1N. The maximum Gasteiger partial charge on any atom is 0.340 e. The third-order valence-corrected chi connectivity index (χ3v) is 4.21. The zero-order chi connectivity index (χ0) is 15.7. The molecule has 0 spiro atoms. The van der Waals surface area contributed by atoms with E-state index in [4.69, 9.17) is 5.73 Å². The number of amides is 1. The number of hydrogen-bond donors (Lipinski definition) is 2. The fourth-order valence-electron chi connectivity index (χ4n) is 1.89. The molecular weight excluding hydrogens is 290 g/mol. The van der Waals surface area contributed by atoms with Gasteiger partial charge in [0, 0.05) is 18.3 Å². The predicted octanol–water partition coefficient (Wildman–Crippen LogP) is 2.32. The van der Waals surface area contributed by atoms with E-state index in [1.165, 1.54) is 11.9 Å². The number of rotatable bonds is 3. The van der Waals surface area contributed by atoms with Crippen LogP contribution in [0.5, 0.6) is 0 Å². The normalized spacial score (nSPS) is 10.4. The molecule has 0 aliphatic carbocycles. The van der Waals surface area contributed by atoms with Crippen molar-refractivity contribution >= 4 is 34.1 Å². The second-order valence-electron chi connectivity index (χ2n) is 4.69. The number of anilines is 2. The molecule has 0 aliphatic rings. The first-order valence-corrected chi connectivity index (χ1v) is 6.94. The molecule has 0 fully saturated rings. The summed E-state index contributed by atoms with van der Waals surface area (Å²) in [5.74, 6) is -1.42. The van der Waals surface area contributed by atoms with Crippen LogP contribution in [-0.4, -0.2) is 28.4 Å². The monoisotopic (exact) mass is 305 g/mol. The fraction of sp³-hybridized carbons (Fsp3) is 0.214. The minimum Gasteiger partial charge on any atom is -0.478 e. The lowest BCUT2D eigenvalue weighted by atomic mass is 10.1. The van der Waals surface area contributed by atoms with Gasteiger partial charge in [-0.05, 0) is 43.1 Å². The first kappa shape index (κ1) is 15.0. The number of carboxylic acid groups (broad SMARTS) is 1. The van der Waals surface area contributed by atoms with Crippen LogP contribution in [0.4, 0.5) is 10.7 Å². The van der Waals surface area contributed by atoms with Crippen LogP contribution in [0.3, 0.4) is 0 Å². The summed E-state index contributed by atoms with van der Waals surface area (Å²) in [6, 6.07) is 5.01. The van der Waals surface area contributed by atoms with Crippen LogP contribution < -0.4 is 10.6 Å². The molecule has 0 unspecified atom stereocenters. The lowest BCUT2D eigenvalue weighted by molar-refractivity contribution is 0.0697. The highest BCUT2D eigenvalue weighted by Gasteiger charge is 2.24. The molecule has 2 aromatic rings. The molecule has 6 nitrogen and oxygen atoms in total. The van der Waals surface area contributed by atoms with Gasteiger partial charge < -0.3 is 15.7 Å². The van der Waals surface area contributed by atoms with Crippen molar-refractivity contribution in [1.82, 2.24) is 4.37 Å². The number of aromatic carboxylic acids is 1. The zero-order valence-corrected chi connectivity index (χ0v) is 12.7. The number of nitrogen functional groups attached to an aromatic ring is 1. The van der Waals surface area contributed by atoms with Crippen molar-refractivity contribution in [1.29, 1.82) is 0 Å². The Balaban J connectivity index is 2.40. The van der Waals surface area contributed by atoms with Gasteiger partial charge in [0.25, 0.3) is 5.91 Å². The van der Waals surface area contributed by atoms with E-state index in [-0.39, 0.29) is 11.5 Å². The average Bonchev–Trinajstić information content (AvgIpc) is 2.82. The molecule has 3 N–H and O–H groups in total. The number of carboxylic acids is 1. The topological polar surface area (TPSA) is 96.5 Å². The van der Waals surface area contributed by atoms with Crippen LogP contribution in [0.15, 0.2) is 18.2 Å². The highest BCUT2D eigenvalue weighted by atomic mass is 32.1. The molecule has 0 saturated heterocycles. The molecule has 7 heteroatoms. The van der Waals surface area contributed by atoms with E-state index in [0.717, 1.165) is 17.1 Å². The zero-order valence-electron chi connectivity index (χ0n) is 11.9. The molecule has 1 aromatic carbocycles. The Morgan fingerprint density at radius 1 is 1.33 bits per heavy atom. The summed E-state index contributed by atoms with van der Waals surface area (Å²) in [5.41, 5.74) is 8.06. The van der Waals surface area contributed by atoms with Crippen molar-refractivity contribution in [3.05, 3.63) is 40.6 Å². The van der Waals surface area contributed by atoms with Gasteiger partial charge in [-0.3, -0.25) is 4.79 Å². The maximum atomic E-state index is 12.4. The largest absolute Gasteiger partial charge is 0.478 e. The average molecular weight is 305 g/mol. The summed E-state index contributed by atoms with van der Waals surface area (Å²) in [4.78, 5) is 25.0. The molecule has 1 aromatic heterocycles. The first-order valence-electron chi connectivity index (χ1n) is 6.16. The van der Waals surface area contributed by atoms with Gasteiger partial charge in [-0.25, -0.2) is 4.79 Å².